The standard InChI is InChI=1S/C21H21F3N2O3/c1-13(2)29-16-9-7-15(8-10-16)26-12-14(11-19(26)27)20(28)25-18-6-4-3-5-17(18)21(22,23)24/h3-10,13-14H,11-12H2,1-2H3,(H,25,28). The molecule has 1 unspecified atom stereocenters. The van der Waals surface area contributed by atoms with Crippen LogP contribution in [0.15, 0.2) is 48.5 Å². The number of carbonyl (C=O) groups excluding carboxylic acids is 2. The number of nitrogens with zero attached hydrogens (tertiary/aromatic N) is 1. The van der Waals surface area contributed by atoms with Gasteiger partial charge in [0, 0.05) is 18.7 Å². The number of benzene rings is 2. The lowest BCUT2D eigenvalue weighted by Gasteiger charge is -2.18. The van der Waals surface area contributed by atoms with Crippen LogP contribution in [0.3, 0.4) is 0 Å². The number of hydrogen-bond acceptors (Lipinski definition) is 3. The van der Waals surface area contributed by atoms with E-state index in [1.165, 1.54) is 23.1 Å². The highest BCUT2D eigenvalue weighted by Gasteiger charge is 2.37. The second-order valence-corrected chi connectivity index (χ2v) is 7.10. The number of hydrogen-bond donors (Lipinski definition) is 1. The van der Waals surface area contributed by atoms with Crippen molar-refractivity contribution in [1.29, 1.82) is 0 Å². The summed E-state index contributed by atoms with van der Waals surface area (Å²) >= 11 is 0. The Bertz CT molecular complexity index is 895. The number of nitrogens with one attached hydrogen (secondary N) is 1. The number of anilines is 2. The molecule has 1 atom stereocenters. The molecule has 0 bridgehead atoms. The molecule has 0 aliphatic carbocycles. The number of carbonyl (C=O) groups is 2. The summed E-state index contributed by atoms with van der Waals surface area (Å²) in [6, 6.07) is 11.7. The van der Waals surface area contributed by atoms with Crippen molar-refractivity contribution in [3.63, 3.8) is 0 Å². The lowest BCUT2D eigenvalue weighted by molar-refractivity contribution is -0.137. The van der Waals surface area contributed by atoms with E-state index in [1.807, 2.05) is 13.8 Å². The third-order valence-electron chi connectivity index (χ3n) is 4.51. The number of amides is 2. The van der Waals surface area contributed by atoms with Crippen LogP contribution in [-0.2, 0) is 15.8 Å². The van der Waals surface area contributed by atoms with Crippen molar-refractivity contribution in [1.82, 2.24) is 0 Å². The quantitative estimate of drug-likeness (QED) is 0.796. The van der Waals surface area contributed by atoms with Gasteiger partial charge in [-0.15, -0.1) is 0 Å². The third-order valence-corrected chi connectivity index (χ3v) is 4.51. The number of alkyl halides is 3. The monoisotopic (exact) mass is 406 g/mol. The molecule has 0 spiro atoms. The first kappa shape index (κ1) is 20.7. The first-order valence-corrected chi connectivity index (χ1v) is 9.19. The number of ether oxygens (including phenoxy) is 1. The Morgan fingerprint density at radius 1 is 1.14 bits per heavy atom. The normalized spacial score (nSPS) is 17.0. The van der Waals surface area contributed by atoms with Gasteiger partial charge in [0.1, 0.15) is 5.75 Å². The van der Waals surface area contributed by atoms with Gasteiger partial charge in [0.05, 0.1) is 23.3 Å². The van der Waals surface area contributed by atoms with Crippen molar-refractivity contribution >= 4 is 23.2 Å². The predicted octanol–water partition coefficient (Wildman–Crippen LogP) is 4.48. The predicted molar refractivity (Wildman–Crippen MR) is 103 cm³/mol. The smallest absolute Gasteiger partial charge is 0.418 e. The van der Waals surface area contributed by atoms with Crippen LogP contribution in [0.4, 0.5) is 24.5 Å². The Morgan fingerprint density at radius 3 is 2.41 bits per heavy atom. The van der Waals surface area contributed by atoms with E-state index in [0.717, 1.165) is 6.07 Å². The van der Waals surface area contributed by atoms with Gasteiger partial charge in [0.25, 0.3) is 0 Å². The Balaban J connectivity index is 1.70. The Hall–Kier alpha value is -3.03. The molecule has 1 heterocycles. The maximum absolute atomic E-state index is 13.1. The molecule has 1 saturated heterocycles. The van der Waals surface area contributed by atoms with Gasteiger partial charge in [0.15, 0.2) is 0 Å². The summed E-state index contributed by atoms with van der Waals surface area (Å²) in [5, 5.41) is 2.32. The summed E-state index contributed by atoms with van der Waals surface area (Å²) in [4.78, 5) is 26.3. The first-order chi connectivity index (χ1) is 13.6. The minimum Gasteiger partial charge on any atom is -0.491 e. The second-order valence-electron chi connectivity index (χ2n) is 7.10. The van der Waals surface area contributed by atoms with Crippen LogP contribution in [0.1, 0.15) is 25.8 Å². The van der Waals surface area contributed by atoms with Crippen molar-refractivity contribution in [2.24, 2.45) is 5.92 Å². The van der Waals surface area contributed by atoms with Crippen LogP contribution >= 0.6 is 0 Å². The summed E-state index contributed by atoms with van der Waals surface area (Å²) in [6.45, 7) is 3.90. The molecule has 2 aromatic rings. The average Bonchev–Trinajstić information content (AvgIpc) is 3.03. The zero-order valence-corrected chi connectivity index (χ0v) is 16.0. The minimum atomic E-state index is -4.58. The van der Waals surface area contributed by atoms with Gasteiger partial charge in [-0.3, -0.25) is 9.59 Å². The highest BCUT2D eigenvalue weighted by Crippen LogP contribution is 2.35. The average molecular weight is 406 g/mol. The molecule has 0 aromatic heterocycles. The summed E-state index contributed by atoms with van der Waals surface area (Å²) < 4.78 is 44.9. The van der Waals surface area contributed by atoms with Gasteiger partial charge in [-0.05, 0) is 50.2 Å². The summed E-state index contributed by atoms with van der Waals surface area (Å²) in [5.41, 5.74) is -0.626. The van der Waals surface area contributed by atoms with E-state index in [0.29, 0.717) is 11.4 Å². The summed E-state index contributed by atoms with van der Waals surface area (Å²) in [7, 11) is 0. The van der Waals surface area contributed by atoms with Crippen LogP contribution in [0.2, 0.25) is 0 Å². The van der Waals surface area contributed by atoms with E-state index in [1.54, 1.807) is 24.3 Å². The van der Waals surface area contributed by atoms with Gasteiger partial charge >= 0.3 is 6.18 Å². The van der Waals surface area contributed by atoms with Gasteiger partial charge < -0.3 is 15.0 Å². The lowest BCUT2D eigenvalue weighted by Crippen LogP contribution is -2.28. The van der Waals surface area contributed by atoms with E-state index >= 15 is 0 Å². The number of para-hydroxylation sites is 1. The van der Waals surface area contributed by atoms with Crippen LogP contribution in [-0.4, -0.2) is 24.5 Å². The summed E-state index contributed by atoms with van der Waals surface area (Å²) in [6.07, 6.45) is -4.63. The molecule has 5 nitrogen and oxygen atoms in total. The summed E-state index contributed by atoms with van der Waals surface area (Å²) in [5.74, 6) is -0.951. The number of halogens is 3. The van der Waals surface area contributed by atoms with Crippen LogP contribution in [0, 0.1) is 5.92 Å². The third kappa shape index (κ3) is 4.88. The van der Waals surface area contributed by atoms with E-state index in [-0.39, 0.29) is 30.7 Å². The molecular weight excluding hydrogens is 385 g/mol. The molecule has 154 valence electrons. The maximum atomic E-state index is 13.1. The molecule has 1 fully saturated rings. The molecule has 2 amide bonds. The molecule has 1 N–H and O–H groups in total. The van der Waals surface area contributed by atoms with Gasteiger partial charge in [-0.1, -0.05) is 12.1 Å². The highest BCUT2D eigenvalue weighted by atomic mass is 19.4. The zero-order chi connectivity index (χ0) is 21.2. The van der Waals surface area contributed by atoms with Crippen LogP contribution in [0.5, 0.6) is 5.75 Å². The largest absolute Gasteiger partial charge is 0.491 e. The molecule has 0 radical (unpaired) electrons. The van der Waals surface area contributed by atoms with Crippen molar-refractivity contribution < 1.29 is 27.5 Å². The Labute approximate surface area is 166 Å². The molecule has 3 rings (SSSR count). The van der Waals surface area contributed by atoms with Gasteiger partial charge in [-0.2, -0.15) is 13.2 Å². The first-order valence-electron chi connectivity index (χ1n) is 9.19. The van der Waals surface area contributed by atoms with E-state index in [4.69, 9.17) is 4.74 Å². The van der Waals surface area contributed by atoms with Gasteiger partial charge in [-0.25, -0.2) is 0 Å². The molecule has 8 heteroatoms. The van der Waals surface area contributed by atoms with Crippen molar-refractivity contribution in [2.75, 3.05) is 16.8 Å². The SMILES string of the molecule is CC(C)Oc1ccc(N2CC(C(=O)Nc3ccccc3C(F)(F)F)CC2=O)cc1. The molecule has 1 aliphatic heterocycles. The van der Waals surface area contributed by atoms with Crippen molar-refractivity contribution in [3.8, 4) is 5.75 Å². The lowest BCUT2D eigenvalue weighted by atomic mass is 10.1. The Kier molecular flexibility index (Phi) is 5.81. The highest BCUT2D eigenvalue weighted by molar-refractivity contribution is 6.03. The molecule has 0 saturated carbocycles. The van der Waals surface area contributed by atoms with E-state index in [2.05, 4.69) is 5.32 Å². The van der Waals surface area contributed by atoms with E-state index in [9.17, 15) is 22.8 Å². The van der Waals surface area contributed by atoms with E-state index < -0.39 is 23.6 Å². The fourth-order valence-electron chi connectivity index (χ4n) is 3.18. The number of rotatable bonds is 5. The zero-order valence-electron chi connectivity index (χ0n) is 16.0. The van der Waals surface area contributed by atoms with Crippen molar-refractivity contribution in [2.45, 2.75) is 32.5 Å². The molecular formula is C21H21F3N2O3. The topological polar surface area (TPSA) is 58.6 Å². The second kappa shape index (κ2) is 8.14. The fraction of sp³-hybridized carbons (Fsp3) is 0.333. The Morgan fingerprint density at radius 2 is 1.79 bits per heavy atom. The molecule has 1 aliphatic rings. The minimum absolute atomic E-state index is 0.0157. The van der Waals surface area contributed by atoms with Gasteiger partial charge in [0.2, 0.25) is 11.8 Å². The molecule has 29 heavy (non-hydrogen) atoms. The van der Waals surface area contributed by atoms with Crippen LogP contribution < -0.4 is 15.0 Å². The fourth-order valence-corrected chi connectivity index (χ4v) is 3.18. The van der Waals surface area contributed by atoms with Crippen LogP contribution in [0.25, 0.3) is 0 Å². The molecule has 2 aromatic carbocycles. The van der Waals surface area contributed by atoms with Crippen molar-refractivity contribution in [3.05, 3.63) is 54.1 Å². The maximum Gasteiger partial charge on any atom is 0.418 e.